The van der Waals surface area contributed by atoms with Crippen LogP contribution >= 0.6 is 0 Å². The summed E-state index contributed by atoms with van der Waals surface area (Å²) in [6.07, 6.45) is 6.44. The van der Waals surface area contributed by atoms with Crippen molar-refractivity contribution in [1.82, 2.24) is 0 Å². The van der Waals surface area contributed by atoms with Crippen LogP contribution in [0, 0.1) is 46.3 Å². The van der Waals surface area contributed by atoms with E-state index in [1.807, 2.05) is 0 Å². The molecule has 0 radical (unpaired) electrons. The first-order chi connectivity index (χ1) is 16.9. The maximum atomic E-state index is 14.0. The molecule has 0 amide bonds. The highest BCUT2D eigenvalue weighted by molar-refractivity contribution is 5.87. The molecule has 0 aromatic carbocycles. The van der Waals surface area contributed by atoms with Crippen molar-refractivity contribution in [3.05, 3.63) is 0 Å². The Labute approximate surface area is 215 Å². The summed E-state index contributed by atoms with van der Waals surface area (Å²) < 4.78 is 16.5. The molecule has 0 aliphatic heterocycles. The summed E-state index contributed by atoms with van der Waals surface area (Å²) in [7, 11) is 1.41. The molecule has 0 aromatic heterocycles. The van der Waals surface area contributed by atoms with Crippen LogP contribution in [0.25, 0.3) is 0 Å². The van der Waals surface area contributed by atoms with Crippen LogP contribution in [0.3, 0.4) is 0 Å². The Kier molecular flexibility index (Phi) is 7.60. The van der Waals surface area contributed by atoms with Crippen LogP contribution in [0.15, 0.2) is 0 Å². The van der Waals surface area contributed by atoms with Gasteiger partial charge in [-0.1, -0.05) is 20.8 Å². The first-order valence-corrected chi connectivity index (χ1v) is 13.9. The zero-order valence-electron chi connectivity index (χ0n) is 22.8. The van der Waals surface area contributed by atoms with Crippen LogP contribution < -0.4 is 0 Å². The third-order valence-corrected chi connectivity index (χ3v) is 10.9. The number of rotatable bonds is 6. The average molecular weight is 505 g/mol. The van der Waals surface area contributed by atoms with Crippen molar-refractivity contribution in [2.24, 2.45) is 46.3 Å². The van der Waals surface area contributed by atoms with Gasteiger partial charge in [0.15, 0.2) is 0 Å². The monoisotopic (exact) mass is 504 g/mol. The minimum atomic E-state index is -0.465. The molecule has 4 aliphatic rings. The normalized spacial score (nSPS) is 42.4. The van der Waals surface area contributed by atoms with Gasteiger partial charge in [0.05, 0.1) is 7.11 Å². The largest absolute Gasteiger partial charge is 0.469 e. The molecule has 10 atom stereocenters. The van der Waals surface area contributed by atoms with E-state index in [9.17, 15) is 19.2 Å². The summed E-state index contributed by atoms with van der Waals surface area (Å²) in [5.41, 5.74) is -0.503. The quantitative estimate of drug-likeness (QED) is 0.375. The van der Waals surface area contributed by atoms with Gasteiger partial charge in [-0.25, -0.2) is 0 Å². The molecule has 0 aromatic rings. The van der Waals surface area contributed by atoms with Gasteiger partial charge >= 0.3 is 17.9 Å². The fourth-order valence-electron chi connectivity index (χ4n) is 9.14. The maximum absolute atomic E-state index is 14.0. The number of ether oxygens (including phenoxy) is 3. The van der Waals surface area contributed by atoms with E-state index >= 15 is 0 Å². The van der Waals surface area contributed by atoms with Gasteiger partial charge in [-0.3, -0.25) is 19.2 Å². The van der Waals surface area contributed by atoms with Gasteiger partial charge in [0.25, 0.3) is 0 Å². The van der Waals surface area contributed by atoms with Gasteiger partial charge in [-0.2, -0.15) is 0 Å². The van der Waals surface area contributed by atoms with Crippen molar-refractivity contribution in [3.8, 4) is 0 Å². The highest BCUT2D eigenvalue weighted by Gasteiger charge is 2.66. The zero-order valence-corrected chi connectivity index (χ0v) is 22.8. The second-order valence-electron chi connectivity index (χ2n) is 12.6. The highest BCUT2D eigenvalue weighted by Crippen LogP contribution is 2.67. The fraction of sp³-hybridized carbons (Fsp3) is 0.862. The standard InChI is InChI=1S/C29H44O7/c1-16(7-10-26(33)34-6)21-8-9-22-27-23(15-25(32)29(21,22)5)28(4)12-11-20(35-17(2)30)13-19(28)14-24(27)36-18(3)31/h16,19-24,27H,7-15H2,1-6H3/t16-,19-,20+,21+,22?,23?,24?,27?,28-,29+/m0/s1. The van der Waals surface area contributed by atoms with Gasteiger partial charge in [0, 0.05) is 38.0 Å². The topological polar surface area (TPSA) is 96.0 Å². The van der Waals surface area contributed by atoms with Crippen molar-refractivity contribution in [3.63, 3.8) is 0 Å². The Bertz CT molecular complexity index is 898. The molecule has 4 saturated carbocycles. The Morgan fingerprint density at radius 2 is 1.69 bits per heavy atom. The molecule has 0 spiro atoms. The minimum absolute atomic E-state index is 0.0382. The van der Waals surface area contributed by atoms with Gasteiger partial charge < -0.3 is 14.2 Å². The molecule has 7 heteroatoms. The van der Waals surface area contributed by atoms with Crippen LogP contribution in [0.5, 0.6) is 0 Å². The Morgan fingerprint density at radius 1 is 1.00 bits per heavy atom. The van der Waals surface area contributed by atoms with Gasteiger partial charge in [0.1, 0.15) is 18.0 Å². The third kappa shape index (κ3) is 4.60. The zero-order chi connectivity index (χ0) is 26.4. The molecule has 4 fully saturated rings. The fourth-order valence-corrected chi connectivity index (χ4v) is 9.14. The number of methoxy groups -OCH3 is 1. The van der Waals surface area contributed by atoms with Crippen molar-refractivity contribution in [2.45, 2.75) is 105 Å². The number of carbonyl (C=O) groups is 4. The number of fused-ring (bicyclic) bond motifs is 5. The lowest BCUT2D eigenvalue weighted by Crippen LogP contribution is -2.62. The number of ketones is 1. The maximum Gasteiger partial charge on any atom is 0.305 e. The lowest BCUT2D eigenvalue weighted by atomic mass is 9.43. The molecule has 4 aliphatic carbocycles. The van der Waals surface area contributed by atoms with Crippen molar-refractivity contribution in [2.75, 3.05) is 7.11 Å². The summed E-state index contributed by atoms with van der Waals surface area (Å²) in [5, 5.41) is 0. The van der Waals surface area contributed by atoms with Crippen LogP contribution in [-0.4, -0.2) is 43.0 Å². The molecular weight excluding hydrogens is 460 g/mol. The summed E-state index contributed by atoms with van der Waals surface area (Å²) >= 11 is 0. The van der Waals surface area contributed by atoms with Gasteiger partial charge in [-0.15, -0.1) is 0 Å². The van der Waals surface area contributed by atoms with Gasteiger partial charge in [0.2, 0.25) is 0 Å². The van der Waals surface area contributed by atoms with E-state index in [1.54, 1.807) is 0 Å². The first kappa shape index (κ1) is 27.1. The molecule has 7 nitrogen and oxygen atoms in total. The third-order valence-electron chi connectivity index (χ3n) is 10.9. The van der Waals surface area contributed by atoms with E-state index in [0.717, 1.165) is 38.5 Å². The SMILES string of the molecule is COC(=O)CC[C@H](C)[C@H]1CCC2C3C(OC(C)=O)C[C@@H]4C[C@H](OC(C)=O)CC[C@]4(C)C3CC(=O)[C@@]21C. The first-order valence-electron chi connectivity index (χ1n) is 13.9. The molecular formula is C29H44O7. The molecule has 4 rings (SSSR count). The van der Waals surface area contributed by atoms with Gasteiger partial charge in [-0.05, 0) is 80.0 Å². The van der Waals surface area contributed by atoms with E-state index in [1.165, 1.54) is 21.0 Å². The molecule has 0 saturated heterocycles. The Hall–Kier alpha value is -1.92. The molecule has 202 valence electrons. The number of carbonyl (C=O) groups excluding carboxylic acids is 4. The summed E-state index contributed by atoms with van der Waals surface area (Å²) in [4.78, 5) is 49.7. The number of Topliss-reactive ketones (excluding diaryl/α,β-unsaturated/α-hetero) is 1. The molecule has 0 heterocycles. The Balaban J connectivity index is 1.62. The van der Waals surface area contributed by atoms with E-state index in [0.29, 0.717) is 25.0 Å². The smallest absolute Gasteiger partial charge is 0.305 e. The minimum Gasteiger partial charge on any atom is -0.469 e. The highest BCUT2D eigenvalue weighted by atomic mass is 16.5. The van der Waals surface area contributed by atoms with Crippen LogP contribution in [0.2, 0.25) is 0 Å². The summed E-state index contributed by atoms with van der Waals surface area (Å²) in [6.45, 7) is 9.57. The van der Waals surface area contributed by atoms with Crippen molar-refractivity contribution < 1.29 is 33.4 Å². The lowest BCUT2D eigenvalue weighted by molar-refractivity contribution is -0.196. The van der Waals surface area contributed by atoms with Crippen LogP contribution in [0.1, 0.15) is 92.4 Å². The van der Waals surface area contributed by atoms with E-state index in [4.69, 9.17) is 14.2 Å². The predicted octanol–water partition coefficient (Wildman–Crippen LogP) is 4.89. The summed E-state index contributed by atoms with van der Waals surface area (Å²) in [6, 6.07) is 0. The average Bonchev–Trinajstić information content (AvgIpc) is 3.16. The number of hydrogen-bond donors (Lipinski definition) is 0. The second kappa shape index (κ2) is 10.1. The van der Waals surface area contributed by atoms with E-state index in [2.05, 4.69) is 20.8 Å². The molecule has 0 bridgehead atoms. The number of esters is 3. The Morgan fingerprint density at radius 3 is 2.33 bits per heavy atom. The molecule has 36 heavy (non-hydrogen) atoms. The van der Waals surface area contributed by atoms with Crippen molar-refractivity contribution >= 4 is 23.7 Å². The summed E-state index contributed by atoms with van der Waals surface area (Å²) in [5.74, 6) is 0.785. The van der Waals surface area contributed by atoms with Crippen molar-refractivity contribution in [1.29, 1.82) is 0 Å². The van der Waals surface area contributed by atoms with Crippen LogP contribution in [-0.2, 0) is 33.4 Å². The molecule has 0 N–H and O–H groups in total. The van der Waals surface area contributed by atoms with Crippen LogP contribution in [0.4, 0.5) is 0 Å². The lowest BCUT2D eigenvalue weighted by Gasteiger charge is -2.62. The second-order valence-corrected chi connectivity index (χ2v) is 12.6. The number of hydrogen-bond acceptors (Lipinski definition) is 7. The van der Waals surface area contributed by atoms with E-state index in [-0.39, 0.29) is 71.0 Å². The van der Waals surface area contributed by atoms with E-state index < -0.39 is 5.41 Å². The predicted molar refractivity (Wildman–Crippen MR) is 133 cm³/mol. The molecule has 4 unspecified atom stereocenters.